The molecule has 0 saturated heterocycles. The molecule has 0 atom stereocenters. The second-order valence-electron chi connectivity index (χ2n) is 5.63. The summed E-state index contributed by atoms with van der Waals surface area (Å²) in [4.78, 5) is 0. The van der Waals surface area contributed by atoms with Gasteiger partial charge in [-0.2, -0.15) is 0 Å². The van der Waals surface area contributed by atoms with Gasteiger partial charge in [-0.05, 0) is 37.5 Å². The summed E-state index contributed by atoms with van der Waals surface area (Å²) in [6.45, 7) is 8.28. The van der Waals surface area contributed by atoms with Crippen LogP contribution in [0.4, 0.5) is 0 Å². The molecule has 0 amide bonds. The van der Waals surface area contributed by atoms with Gasteiger partial charge >= 0.3 is 0 Å². The molecule has 0 bridgehead atoms. The molecule has 1 aliphatic carbocycles. The first-order chi connectivity index (χ1) is 8.66. The monoisotopic (exact) mass is 247 g/mol. The Hall–Kier alpha value is -1.02. The summed E-state index contributed by atoms with van der Waals surface area (Å²) in [5, 5.41) is 3.60. The number of hydrogen-bond donors (Lipinski definition) is 1. The maximum absolute atomic E-state index is 5.51. The zero-order valence-electron chi connectivity index (χ0n) is 11.8. The molecule has 0 spiro atoms. The molecule has 1 aromatic rings. The second kappa shape index (κ2) is 5.75. The van der Waals surface area contributed by atoms with Gasteiger partial charge in [-0.15, -0.1) is 0 Å². The lowest BCUT2D eigenvalue weighted by Crippen LogP contribution is -2.45. The van der Waals surface area contributed by atoms with Crippen molar-refractivity contribution in [1.82, 2.24) is 5.32 Å². The molecule has 0 aliphatic heterocycles. The molecule has 2 nitrogen and oxygen atoms in total. The first-order valence-electron chi connectivity index (χ1n) is 7.13. The van der Waals surface area contributed by atoms with Crippen LogP contribution in [0.5, 0.6) is 5.75 Å². The number of hydrogen-bond acceptors (Lipinski definition) is 2. The zero-order valence-corrected chi connectivity index (χ0v) is 11.8. The topological polar surface area (TPSA) is 21.3 Å². The molecule has 1 N–H and O–H groups in total. The standard InChI is InChI=1S/C16H25NO/c1-4-18-15-8-6-14(7-9-15)16(10-5-11-16)12-17-13(2)3/h6-9,13,17H,4-5,10-12H2,1-3H3. The van der Waals surface area contributed by atoms with E-state index in [0.717, 1.165) is 18.9 Å². The fourth-order valence-corrected chi connectivity index (χ4v) is 2.64. The molecular formula is C16H25NO. The molecule has 18 heavy (non-hydrogen) atoms. The molecule has 0 heterocycles. The molecule has 1 saturated carbocycles. The van der Waals surface area contributed by atoms with Crippen molar-refractivity contribution < 1.29 is 4.74 Å². The lowest BCUT2D eigenvalue weighted by molar-refractivity contribution is 0.228. The van der Waals surface area contributed by atoms with Crippen molar-refractivity contribution in [2.45, 2.75) is 51.5 Å². The quantitative estimate of drug-likeness (QED) is 0.830. The molecule has 2 heteroatoms. The maximum atomic E-state index is 5.51. The first kappa shape index (κ1) is 13.4. The van der Waals surface area contributed by atoms with Crippen molar-refractivity contribution in [3.63, 3.8) is 0 Å². The highest BCUT2D eigenvalue weighted by molar-refractivity contribution is 5.34. The third-order valence-corrected chi connectivity index (χ3v) is 3.94. The smallest absolute Gasteiger partial charge is 0.119 e. The summed E-state index contributed by atoms with van der Waals surface area (Å²) >= 11 is 0. The van der Waals surface area contributed by atoms with Crippen molar-refractivity contribution in [2.24, 2.45) is 0 Å². The molecule has 1 aromatic carbocycles. The highest BCUT2D eigenvalue weighted by atomic mass is 16.5. The van der Waals surface area contributed by atoms with E-state index in [1.165, 1.54) is 24.8 Å². The lowest BCUT2D eigenvalue weighted by Gasteiger charge is -2.43. The van der Waals surface area contributed by atoms with E-state index < -0.39 is 0 Å². The van der Waals surface area contributed by atoms with Crippen LogP contribution in [0, 0.1) is 0 Å². The molecule has 1 aliphatic rings. The number of nitrogens with one attached hydrogen (secondary N) is 1. The predicted octanol–water partition coefficient (Wildman–Crippen LogP) is 3.51. The normalized spacial score (nSPS) is 17.6. The summed E-state index contributed by atoms with van der Waals surface area (Å²) in [7, 11) is 0. The van der Waals surface area contributed by atoms with E-state index in [4.69, 9.17) is 4.74 Å². The van der Waals surface area contributed by atoms with Gasteiger partial charge in [0.2, 0.25) is 0 Å². The van der Waals surface area contributed by atoms with Gasteiger partial charge in [-0.1, -0.05) is 32.4 Å². The van der Waals surface area contributed by atoms with Crippen molar-refractivity contribution in [2.75, 3.05) is 13.2 Å². The van der Waals surface area contributed by atoms with Crippen molar-refractivity contribution >= 4 is 0 Å². The van der Waals surface area contributed by atoms with E-state index in [0.29, 0.717) is 11.5 Å². The largest absolute Gasteiger partial charge is 0.494 e. The molecule has 0 unspecified atom stereocenters. The minimum atomic E-state index is 0.370. The van der Waals surface area contributed by atoms with Gasteiger partial charge < -0.3 is 10.1 Å². The fraction of sp³-hybridized carbons (Fsp3) is 0.625. The van der Waals surface area contributed by atoms with Crippen molar-refractivity contribution in [3.05, 3.63) is 29.8 Å². The van der Waals surface area contributed by atoms with Crippen LogP contribution in [0.15, 0.2) is 24.3 Å². The highest BCUT2D eigenvalue weighted by Crippen LogP contribution is 2.43. The van der Waals surface area contributed by atoms with Crippen LogP contribution in [0.3, 0.4) is 0 Å². The molecule has 0 aromatic heterocycles. The summed E-state index contributed by atoms with van der Waals surface area (Å²) in [5.41, 5.74) is 1.83. The summed E-state index contributed by atoms with van der Waals surface area (Å²) in [5.74, 6) is 0.979. The van der Waals surface area contributed by atoms with Gasteiger partial charge in [-0.3, -0.25) is 0 Å². The molecule has 2 rings (SSSR count). The second-order valence-corrected chi connectivity index (χ2v) is 5.63. The Morgan fingerprint density at radius 2 is 1.89 bits per heavy atom. The summed E-state index contributed by atoms with van der Waals surface area (Å²) in [6.07, 6.45) is 3.97. The van der Waals surface area contributed by atoms with Crippen LogP contribution in [-0.4, -0.2) is 19.2 Å². The molecule has 100 valence electrons. The van der Waals surface area contributed by atoms with Gasteiger partial charge in [0.05, 0.1) is 6.61 Å². The van der Waals surface area contributed by atoms with E-state index in [2.05, 4.69) is 43.4 Å². The van der Waals surface area contributed by atoms with Crippen LogP contribution in [0.25, 0.3) is 0 Å². The molecule has 1 fully saturated rings. The maximum Gasteiger partial charge on any atom is 0.119 e. The minimum absolute atomic E-state index is 0.370. The van der Waals surface area contributed by atoms with E-state index in [1.807, 2.05) is 6.92 Å². The molecule has 0 radical (unpaired) electrons. The Balaban J connectivity index is 2.07. The van der Waals surface area contributed by atoms with Gasteiger partial charge in [0, 0.05) is 18.0 Å². The van der Waals surface area contributed by atoms with Gasteiger partial charge in [0.25, 0.3) is 0 Å². The number of ether oxygens (including phenoxy) is 1. The van der Waals surface area contributed by atoms with Crippen molar-refractivity contribution in [1.29, 1.82) is 0 Å². The van der Waals surface area contributed by atoms with Crippen LogP contribution in [0.2, 0.25) is 0 Å². The van der Waals surface area contributed by atoms with E-state index in [9.17, 15) is 0 Å². The predicted molar refractivity (Wildman–Crippen MR) is 76.3 cm³/mol. The first-order valence-corrected chi connectivity index (χ1v) is 7.13. The minimum Gasteiger partial charge on any atom is -0.494 e. The Morgan fingerprint density at radius 3 is 2.33 bits per heavy atom. The zero-order chi connectivity index (χ0) is 13.0. The van der Waals surface area contributed by atoms with Crippen molar-refractivity contribution in [3.8, 4) is 5.75 Å². The van der Waals surface area contributed by atoms with Crippen LogP contribution >= 0.6 is 0 Å². The Morgan fingerprint density at radius 1 is 1.22 bits per heavy atom. The number of benzene rings is 1. The van der Waals surface area contributed by atoms with E-state index in [1.54, 1.807) is 0 Å². The van der Waals surface area contributed by atoms with E-state index in [-0.39, 0.29) is 0 Å². The van der Waals surface area contributed by atoms with Crippen LogP contribution < -0.4 is 10.1 Å². The van der Waals surface area contributed by atoms with Gasteiger partial charge in [-0.25, -0.2) is 0 Å². The highest BCUT2D eigenvalue weighted by Gasteiger charge is 2.38. The van der Waals surface area contributed by atoms with Gasteiger partial charge in [0.1, 0.15) is 5.75 Å². The average molecular weight is 247 g/mol. The lowest BCUT2D eigenvalue weighted by atomic mass is 9.64. The van der Waals surface area contributed by atoms with Crippen LogP contribution in [-0.2, 0) is 5.41 Å². The Kier molecular flexibility index (Phi) is 4.28. The van der Waals surface area contributed by atoms with E-state index >= 15 is 0 Å². The van der Waals surface area contributed by atoms with Crippen LogP contribution in [0.1, 0.15) is 45.6 Å². The SMILES string of the molecule is CCOc1ccc(C2(CNC(C)C)CCC2)cc1. The summed E-state index contributed by atoms with van der Waals surface area (Å²) in [6, 6.07) is 9.26. The number of rotatable bonds is 6. The third-order valence-electron chi connectivity index (χ3n) is 3.94. The average Bonchev–Trinajstić information content (AvgIpc) is 2.30. The third kappa shape index (κ3) is 2.86. The fourth-order valence-electron chi connectivity index (χ4n) is 2.64. The van der Waals surface area contributed by atoms with Gasteiger partial charge in [0.15, 0.2) is 0 Å². The summed E-state index contributed by atoms with van der Waals surface area (Å²) < 4.78 is 5.51. The molecular weight excluding hydrogens is 222 g/mol. The Labute approximate surface area is 111 Å². The Bertz CT molecular complexity index is 365.